The van der Waals surface area contributed by atoms with Gasteiger partial charge in [0.15, 0.2) is 0 Å². The third-order valence-corrected chi connectivity index (χ3v) is 0. The molecule has 0 saturated heterocycles. The topological polar surface area (TPSA) is 77.8 Å². The van der Waals surface area contributed by atoms with E-state index in [0.717, 1.165) is 0 Å². The summed E-state index contributed by atoms with van der Waals surface area (Å²) < 4.78 is 8.88. The third kappa shape index (κ3) is 43.9. The van der Waals surface area contributed by atoms with Crippen molar-refractivity contribution in [1.82, 2.24) is 0 Å². The summed E-state index contributed by atoms with van der Waals surface area (Å²) >= 11 is 0. The molecular formula is H3K3O4P+3. The molecule has 0 radical (unpaired) electrons. The van der Waals surface area contributed by atoms with Gasteiger partial charge in [-0.2, -0.15) is 0 Å². The van der Waals surface area contributed by atoms with Crippen molar-refractivity contribution in [2.75, 3.05) is 0 Å². The maximum atomic E-state index is 8.88. The molecule has 0 aromatic heterocycles. The minimum Gasteiger partial charge on any atom is -0.303 e. The van der Waals surface area contributed by atoms with Gasteiger partial charge < -0.3 is 14.7 Å². The average molecular weight is 215 g/mol. The summed E-state index contributed by atoms with van der Waals surface area (Å²) in [5.41, 5.74) is 0. The molecule has 0 aromatic rings. The predicted molar refractivity (Wildman–Crippen MR) is 14.3 cm³/mol. The van der Waals surface area contributed by atoms with Crippen LogP contribution >= 0.6 is 7.82 Å². The summed E-state index contributed by atoms with van der Waals surface area (Å²) in [7, 11) is -4.64. The summed E-state index contributed by atoms with van der Waals surface area (Å²) in [4.78, 5) is 21.6. The summed E-state index contributed by atoms with van der Waals surface area (Å²) in [6, 6.07) is 0. The SMILES string of the molecule is O=P(O)(O)O.[K+].[K+].[K+]. The fourth-order valence-corrected chi connectivity index (χ4v) is 0. The molecule has 0 amide bonds. The van der Waals surface area contributed by atoms with Crippen molar-refractivity contribution in [1.29, 1.82) is 0 Å². The van der Waals surface area contributed by atoms with Crippen LogP contribution in [0.2, 0.25) is 0 Å². The fraction of sp³-hybridized carbons (Fsp3) is 0. The maximum Gasteiger partial charge on any atom is 1.00 e. The van der Waals surface area contributed by atoms with Gasteiger partial charge in [-0.3, -0.25) is 0 Å². The number of rotatable bonds is 0. The first kappa shape index (κ1) is 23.1. The van der Waals surface area contributed by atoms with E-state index in [4.69, 9.17) is 19.2 Å². The normalized spacial score (nSPS) is 7.38. The van der Waals surface area contributed by atoms with E-state index in [2.05, 4.69) is 0 Å². The maximum absolute atomic E-state index is 8.88. The van der Waals surface area contributed by atoms with Gasteiger partial charge in [-0.05, 0) is 0 Å². The van der Waals surface area contributed by atoms with Crippen molar-refractivity contribution in [3.8, 4) is 0 Å². The van der Waals surface area contributed by atoms with Crippen LogP contribution in [0, 0.1) is 0 Å². The smallest absolute Gasteiger partial charge is 0.303 e. The van der Waals surface area contributed by atoms with Crippen LogP contribution < -0.4 is 154 Å². The van der Waals surface area contributed by atoms with Gasteiger partial charge in [-0.25, -0.2) is 4.57 Å². The molecule has 0 rings (SSSR count). The van der Waals surface area contributed by atoms with Crippen LogP contribution in [-0.4, -0.2) is 14.7 Å². The van der Waals surface area contributed by atoms with Gasteiger partial charge in [0.05, 0.1) is 0 Å². The van der Waals surface area contributed by atoms with Gasteiger partial charge in [0.25, 0.3) is 0 Å². The average Bonchev–Trinajstić information content (AvgIpc) is 0.722. The Morgan fingerprint density at radius 2 is 0.875 bits per heavy atom. The van der Waals surface area contributed by atoms with Crippen LogP contribution in [0.4, 0.5) is 0 Å². The van der Waals surface area contributed by atoms with Gasteiger partial charge in [-0.15, -0.1) is 0 Å². The Hall–Kier alpha value is 5.02. The van der Waals surface area contributed by atoms with Crippen LogP contribution in [0.1, 0.15) is 0 Å². The van der Waals surface area contributed by atoms with Gasteiger partial charge >= 0.3 is 162 Å². The molecule has 0 aliphatic carbocycles. The Morgan fingerprint density at radius 1 is 0.875 bits per heavy atom. The minimum absolute atomic E-state index is 0. The van der Waals surface area contributed by atoms with E-state index in [0.29, 0.717) is 0 Å². The standard InChI is InChI=1S/3K.H3O4P/c;;;1-5(2,3)4/h;;;(H3,1,2,3,4)/q3*+1;. The Bertz CT molecular complexity index is 57.4. The minimum atomic E-state index is -4.64. The predicted octanol–water partition coefficient (Wildman–Crippen LogP) is -9.92. The zero-order valence-corrected chi connectivity index (χ0v) is 15.5. The molecule has 0 bridgehead atoms. The largest absolute Gasteiger partial charge is 1.00 e. The Balaban J connectivity index is -0.0000000267. The van der Waals surface area contributed by atoms with E-state index in [-0.39, 0.29) is 154 Å². The zero-order valence-electron chi connectivity index (χ0n) is 5.20. The second kappa shape index (κ2) is 12.0. The summed E-state index contributed by atoms with van der Waals surface area (Å²) in [6.45, 7) is 0. The number of phosphoric acid groups is 1. The van der Waals surface area contributed by atoms with Crippen molar-refractivity contribution >= 4 is 7.82 Å². The molecule has 3 N–H and O–H groups in total. The number of hydrogen-bond acceptors (Lipinski definition) is 1. The molecule has 0 aliphatic rings. The first-order valence-electron chi connectivity index (χ1n) is 0.783. The molecule has 0 aliphatic heterocycles. The van der Waals surface area contributed by atoms with E-state index in [1.165, 1.54) is 0 Å². The van der Waals surface area contributed by atoms with Gasteiger partial charge in [0.2, 0.25) is 0 Å². The van der Waals surface area contributed by atoms with Crippen molar-refractivity contribution in [3.63, 3.8) is 0 Å². The van der Waals surface area contributed by atoms with Crippen LogP contribution in [0.15, 0.2) is 0 Å². The monoisotopic (exact) mass is 215 g/mol. The van der Waals surface area contributed by atoms with E-state index < -0.39 is 7.82 Å². The molecule has 0 atom stereocenters. The van der Waals surface area contributed by atoms with E-state index in [9.17, 15) is 0 Å². The van der Waals surface area contributed by atoms with Gasteiger partial charge in [0, 0.05) is 0 Å². The second-order valence-corrected chi connectivity index (χ2v) is 1.54. The Kier molecular flexibility index (Phi) is 34.7. The van der Waals surface area contributed by atoms with E-state index in [1.54, 1.807) is 0 Å². The van der Waals surface area contributed by atoms with Crippen molar-refractivity contribution in [2.24, 2.45) is 0 Å². The first-order chi connectivity index (χ1) is 2.00. The van der Waals surface area contributed by atoms with Crippen molar-refractivity contribution in [2.45, 2.75) is 0 Å². The first-order valence-corrected chi connectivity index (χ1v) is 2.35. The van der Waals surface area contributed by atoms with Gasteiger partial charge in [0.1, 0.15) is 0 Å². The number of hydrogen-bond donors (Lipinski definition) is 3. The molecule has 0 fully saturated rings. The molecule has 0 spiro atoms. The molecule has 32 valence electrons. The Labute approximate surface area is 175 Å². The quantitative estimate of drug-likeness (QED) is 0.277. The molecule has 0 heterocycles. The molecule has 0 aromatic carbocycles. The van der Waals surface area contributed by atoms with Crippen LogP contribution in [0.3, 0.4) is 0 Å². The second-order valence-electron chi connectivity index (χ2n) is 0.513. The van der Waals surface area contributed by atoms with Crippen LogP contribution in [0.25, 0.3) is 0 Å². The molecule has 4 nitrogen and oxygen atoms in total. The third-order valence-electron chi connectivity index (χ3n) is 0. The molecular weight excluding hydrogens is 212 g/mol. The van der Waals surface area contributed by atoms with Crippen molar-refractivity contribution in [3.05, 3.63) is 0 Å². The van der Waals surface area contributed by atoms with Crippen LogP contribution in [0.5, 0.6) is 0 Å². The van der Waals surface area contributed by atoms with E-state index >= 15 is 0 Å². The molecule has 0 saturated carbocycles. The Morgan fingerprint density at radius 3 is 0.875 bits per heavy atom. The van der Waals surface area contributed by atoms with Gasteiger partial charge in [-0.1, -0.05) is 0 Å². The van der Waals surface area contributed by atoms with E-state index in [1.807, 2.05) is 0 Å². The summed E-state index contributed by atoms with van der Waals surface area (Å²) in [6.07, 6.45) is 0. The molecule has 8 heteroatoms. The molecule has 8 heavy (non-hydrogen) atoms. The summed E-state index contributed by atoms with van der Waals surface area (Å²) in [5, 5.41) is 0. The fourth-order valence-electron chi connectivity index (χ4n) is 0. The van der Waals surface area contributed by atoms with Crippen molar-refractivity contribution < 1.29 is 173 Å². The summed E-state index contributed by atoms with van der Waals surface area (Å²) in [5.74, 6) is 0. The zero-order chi connectivity index (χ0) is 4.50. The molecule has 0 unspecified atom stereocenters. The van der Waals surface area contributed by atoms with Crippen LogP contribution in [-0.2, 0) is 4.57 Å².